The maximum Gasteiger partial charge on any atom is 0.0466 e. The second kappa shape index (κ2) is 34.1. The number of hydrogen-bond acceptors (Lipinski definition) is 1. The van der Waals surface area contributed by atoms with Crippen molar-refractivity contribution >= 4 is 0 Å². The molecule has 0 rings (SSSR count). The molecule has 33 heavy (non-hydrogen) atoms. The summed E-state index contributed by atoms with van der Waals surface area (Å²) >= 11 is 0. The lowest BCUT2D eigenvalue weighted by Crippen LogP contribution is -1.97. The minimum absolute atomic E-state index is 0.954. The second-order valence-corrected chi connectivity index (χ2v) is 10.6. The highest BCUT2D eigenvalue weighted by atomic mass is 16.5. The standard InChI is InChI=1S/C24H50O.C8H18/c1-3-5-7-9-11-13-15-17-19-21-23-25-24-22-20-18-16-14-12-10-8-6-4-2;1-4-6-7-8(3)5-2/h3-24H2,1-2H3;8H,4-7H2,1-3H3. The molecule has 0 saturated carbocycles. The molecule has 1 unspecified atom stereocenters. The Kier molecular flexibility index (Phi) is 36.3. The monoisotopic (exact) mass is 469 g/mol. The van der Waals surface area contributed by atoms with E-state index in [1.807, 2.05) is 0 Å². The Labute approximate surface area is 212 Å². The van der Waals surface area contributed by atoms with Gasteiger partial charge in [0.15, 0.2) is 0 Å². The number of unbranched alkanes of at least 4 members (excludes halogenated alkanes) is 19. The topological polar surface area (TPSA) is 9.23 Å². The predicted octanol–water partition coefficient (Wildman–Crippen LogP) is 12.1. The van der Waals surface area contributed by atoms with Gasteiger partial charge in [-0.15, -0.1) is 0 Å². The molecule has 0 aliphatic rings. The highest BCUT2D eigenvalue weighted by Gasteiger charge is 1.96. The van der Waals surface area contributed by atoms with Gasteiger partial charge in [-0.2, -0.15) is 0 Å². The Morgan fingerprint density at radius 2 is 0.697 bits per heavy atom. The summed E-state index contributed by atoms with van der Waals surface area (Å²) < 4.78 is 5.78. The third-order valence-corrected chi connectivity index (χ3v) is 7.03. The van der Waals surface area contributed by atoms with Gasteiger partial charge in [0.25, 0.3) is 0 Å². The fraction of sp³-hybridized carbons (Fsp3) is 1.00. The Balaban J connectivity index is 0. The highest BCUT2D eigenvalue weighted by Crippen LogP contribution is 2.12. The number of rotatable bonds is 26. The van der Waals surface area contributed by atoms with E-state index in [0.717, 1.165) is 19.1 Å². The quantitative estimate of drug-likeness (QED) is 0.115. The maximum absolute atomic E-state index is 5.78. The molecule has 0 radical (unpaired) electrons. The molecule has 0 saturated heterocycles. The molecule has 0 aromatic carbocycles. The van der Waals surface area contributed by atoms with Crippen molar-refractivity contribution < 1.29 is 4.74 Å². The molecule has 0 aliphatic heterocycles. The van der Waals surface area contributed by atoms with Gasteiger partial charge < -0.3 is 4.74 Å². The fourth-order valence-electron chi connectivity index (χ4n) is 4.24. The van der Waals surface area contributed by atoms with E-state index in [2.05, 4.69) is 34.6 Å². The molecule has 0 heterocycles. The van der Waals surface area contributed by atoms with Crippen LogP contribution in [0.1, 0.15) is 189 Å². The van der Waals surface area contributed by atoms with Crippen molar-refractivity contribution in [2.24, 2.45) is 5.92 Å². The Morgan fingerprint density at radius 3 is 1.00 bits per heavy atom. The van der Waals surface area contributed by atoms with Crippen LogP contribution in [0.4, 0.5) is 0 Å². The summed E-state index contributed by atoms with van der Waals surface area (Å²) in [6, 6.07) is 0. The van der Waals surface area contributed by atoms with E-state index in [-0.39, 0.29) is 0 Å². The zero-order valence-corrected chi connectivity index (χ0v) is 24.4. The van der Waals surface area contributed by atoms with Crippen LogP contribution >= 0.6 is 0 Å². The minimum Gasteiger partial charge on any atom is -0.381 e. The summed E-state index contributed by atoms with van der Waals surface area (Å²) in [5.74, 6) is 0.954. The van der Waals surface area contributed by atoms with Gasteiger partial charge >= 0.3 is 0 Å². The normalized spacial score (nSPS) is 11.9. The molecule has 0 N–H and O–H groups in total. The lowest BCUT2D eigenvalue weighted by Gasteiger charge is -2.05. The Hall–Kier alpha value is -0.0400. The third-order valence-electron chi connectivity index (χ3n) is 7.03. The Morgan fingerprint density at radius 1 is 0.394 bits per heavy atom. The van der Waals surface area contributed by atoms with Gasteiger partial charge in [0.1, 0.15) is 0 Å². The van der Waals surface area contributed by atoms with E-state index in [0.29, 0.717) is 0 Å². The zero-order valence-electron chi connectivity index (χ0n) is 24.4. The molecule has 0 spiro atoms. The van der Waals surface area contributed by atoms with Gasteiger partial charge in [0, 0.05) is 13.2 Å². The second-order valence-electron chi connectivity index (χ2n) is 10.6. The average Bonchev–Trinajstić information content (AvgIpc) is 2.84. The smallest absolute Gasteiger partial charge is 0.0466 e. The summed E-state index contributed by atoms with van der Waals surface area (Å²) in [7, 11) is 0. The van der Waals surface area contributed by atoms with Crippen molar-refractivity contribution in [1.29, 1.82) is 0 Å². The Bertz CT molecular complexity index is 279. The summed E-state index contributed by atoms with van der Waals surface area (Å²) in [6.07, 6.45) is 33.7. The first kappa shape index (κ1) is 35.1. The molecule has 0 fully saturated rings. The van der Waals surface area contributed by atoms with Gasteiger partial charge in [-0.1, -0.05) is 176 Å². The van der Waals surface area contributed by atoms with E-state index < -0.39 is 0 Å². The van der Waals surface area contributed by atoms with Crippen LogP contribution in [0.25, 0.3) is 0 Å². The van der Waals surface area contributed by atoms with Crippen molar-refractivity contribution in [3.8, 4) is 0 Å². The molecule has 0 bridgehead atoms. The largest absolute Gasteiger partial charge is 0.381 e. The summed E-state index contributed by atoms with van der Waals surface area (Å²) in [4.78, 5) is 0. The van der Waals surface area contributed by atoms with Crippen LogP contribution in [-0.4, -0.2) is 13.2 Å². The van der Waals surface area contributed by atoms with Crippen molar-refractivity contribution in [3.63, 3.8) is 0 Å². The van der Waals surface area contributed by atoms with Gasteiger partial charge in [-0.3, -0.25) is 0 Å². The molecular weight excluding hydrogens is 400 g/mol. The lowest BCUT2D eigenvalue weighted by molar-refractivity contribution is 0.125. The number of ether oxygens (including phenoxy) is 1. The molecule has 202 valence electrons. The first-order chi connectivity index (χ1) is 16.2. The molecule has 1 nitrogen and oxygen atoms in total. The van der Waals surface area contributed by atoms with Crippen LogP contribution < -0.4 is 0 Å². The molecule has 1 heteroatoms. The predicted molar refractivity (Wildman–Crippen MR) is 153 cm³/mol. The van der Waals surface area contributed by atoms with Crippen LogP contribution in [0.15, 0.2) is 0 Å². The van der Waals surface area contributed by atoms with Gasteiger partial charge in [-0.25, -0.2) is 0 Å². The molecule has 1 atom stereocenters. The van der Waals surface area contributed by atoms with E-state index >= 15 is 0 Å². The molecule has 0 aromatic heterocycles. The first-order valence-corrected chi connectivity index (χ1v) is 15.8. The molecule has 0 amide bonds. The summed E-state index contributed by atoms with van der Waals surface area (Å²) in [5, 5.41) is 0. The van der Waals surface area contributed by atoms with E-state index in [9.17, 15) is 0 Å². The van der Waals surface area contributed by atoms with Crippen molar-refractivity contribution in [2.45, 2.75) is 189 Å². The van der Waals surface area contributed by atoms with Crippen LogP contribution in [-0.2, 0) is 4.74 Å². The van der Waals surface area contributed by atoms with E-state index in [1.54, 1.807) is 0 Å². The molecule has 0 aromatic rings. The number of hydrogen-bond donors (Lipinski definition) is 0. The zero-order chi connectivity index (χ0) is 24.7. The summed E-state index contributed by atoms with van der Waals surface area (Å²) in [5.41, 5.74) is 0. The van der Waals surface area contributed by atoms with Gasteiger partial charge in [-0.05, 0) is 18.8 Å². The van der Waals surface area contributed by atoms with Crippen LogP contribution in [0.5, 0.6) is 0 Å². The average molecular weight is 469 g/mol. The van der Waals surface area contributed by atoms with Crippen molar-refractivity contribution in [1.82, 2.24) is 0 Å². The summed E-state index contributed by atoms with van der Waals surface area (Å²) in [6.45, 7) is 13.4. The van der Waals surface area contributed by atoms with E-state index in [1.165, 1.54) is 154 Å². The maximum atomic E-state index is 5.78. The SMILES string of the molecule is CCCCC(C)CC.CCCCCCCCCCCCOCCCCCCCCCCCC. The van der Waals surface area contributed by atoms with Crippen molar-refractivity contribution in [2.75, 3.05) is 13.2 Å². The van der Waals surface area contributed by atoms with Crippen LogP contribution in [0, 0.1) is 5.92 Å². The van der Waals surface area contributed by atoms with Crippen LogP contribution in [0.3, 0.4) is 0 Å². The highest BCUT2D eigenvalue weighted by molar-refractivity contribution is 4.50. The van der Waals surface area contributed by atoms with Crippen LogP contribution in [0.2, 0.25) is 0 Å². The van der Waals surface area contributed by atoms with Gasteiger partial charge in [0.2, 0.25) is 0 Å². The fourth-order valence-corrected chi connectivity index (χ4v) is 4.24. The minimum atomic E-state index is 0.954. The third kappa shape index (κ3) is 36.7. The lowest BCUT2D eigenvalue weighted by atomic mass is 10.0. The molecule has 0 aliphatic carbocycles. The van der Waals surface area contributed by atoms with E-state index in [4.69, 9.17) is 4.74 Å². The van der Waals surface area contributed by atoms with Gasteiger partial charge in [0.05, 0.1) is 0 Å². The molecular formula is C32H68O. The first-order valence-electron chi connectivity index (χ1n) is 15.8. The van der Waals surface area contributed by atoms with Crippen molar-refractivity contribution in [3.05, 3.63) is 0 Å².